The third-order valence-electron chi connectivity index (χ3n) is 4.30. The van der Waals surface area contributed by atoms with Crippen molar-refractivity contribution in [3.05, 3.63) is 11.7 Å². The Balaban J connectivity index is 1.69. The molecule has 0 aromatic carbocycles. The van der Waals surface area contributed by atoms with Crippen LogP contribution < -0.4 is 5.73 Å². The summed E-state index contributed by atoms with van der Waals surface area (Å²) in [5.74, 6) is 1.18. The minimum atomic E-state index is -0.126. The van der Waals surface area contributed by atoms with E-state index in [0.29, 0.717) is 37.6 Å². The van der Waals surface area contributed by atoms with Gasteiger partial charge >= 0.3 is 0 Å². The molecule has 21 heavy (non-hydrogen) atoms. The average molecular weight is 296 g/mol. The molecule has 2 saturated heterocycles. The van der Waals surface area contributed by atoms with Gasteiger partial charge in [-0.15, -0.1) is 0 Å². The molecule has 3 heterocycles. The number of rotatable bonds is 3. The van der Waals surface area contributed by atoms with Crippen LogP contribution in [0.3, 0.4) is 0 Å². The molecule has 118 valence electrons. The van der Waals surface area contributed by atoms with Crippen LogP contribution in [0.25, 0.3) is 0 Å². The first-order valence-corrected chi connectivity index (χ1v) is 7.67. The second-order valence-corrected chi connectivity index (χ2v) is 6.07. The molecule has 0 amide bonds. The number of ether oxygens (including phenoxy) is 2. The van der Waals surface area contributed by atoms with E-state index in [0.717, 1.165) is 19.5 Å². The Hall–Kier alpha value is -1.02. The van der Waals surface area contributed by atoms with Crippen molar-refractivity contribution in [2.75, 3.05) is 32.9 Å². The van der Waals surface area contributed by atoms with Crippen molar-refractivity contribution in [1.82, 2.24) is 15.0 Å². The van der Waals surface area contributed by atoms with Gasteiger partial charge in [-0.05, 0) is 20.3 Å². The molecule has 3 unspecified atom stereocenters. The fourth-order valence-corrected chi connectivity index (χ4v) is 2.83. The molecule has 1 aromatic heterocycles. The number of nitrogens with zero attached hydrogens (tertiary/aromatic N) is 3. The molecule has 3 atom stereocenters. The van der Waals surface area contributed by atoms with Crippen LogP contribution in [0.5, 0.6) is 0 Å². The van der Waals surface area contributed by atoms with Crippen LogP contribution in [0.2, 0.25) is 0 Å². The standard InChI is InChI=1S/C14H24N4O3/c1-9(2)18-4-6-20-12(7-18)13-16-14(21-17-13)10-8-19-5-3-11(10)15/h9-12H,3-8,15H2,1-2H3. The molecule has 2 N–H and O–H groups in total. The molecule has 0 bridgehead atoms. The summed E-state index contributed by atoms with van der Waals surface area (Å²) in [5.41, 5.74) is 6.11. The summed E-state index contributed by atoms with van der Waals surface area (Å²) in [7, 11) is 0. The van der Waals surface area contributed by atoms with Gasteiger partial charge in [0.1, 0.15) is 6.10 Å². The van der Waals surface area contributed by atoms with Crippen molar-refractivity contribution in [3.8, 4) is 0 Å². The number of hydrogen-bond donors (Lipinski definition) is 1. The van der Waals surface area contributed by atoms with Gasteiger partial charge in [-0.1, -0.05) is 5.16 Å². The molecule has 1 aromatic rings. The number of nitrogens with two attached hydrogens (primary N) is 1. The maximum Gasteiger partial charge on any atom is 0.233 e. The van der Waals surface area contributed by atoms with Crippen molar-refractivity contribution in [1.29, 1.82) is 0 Å². The molecule has 0 aliphatic carbocycles. The highest BCUT2D eigenvalue weighted by Gasteiger charge is 2.32. The third kappa shape index (κ3) is 3.26. The van der Waals surface area contributed by atoms with Gasteiger partial charge in [-0.2, -0.15) is 4.98 Å². The van der Waals surface area contributed by atoms with E-state index in [1.807, 2.05) is 0 Å². The molecular weight excluding hydrogens is 272 g/mol. The second kappa shape index (κ2) is 6.39. The van der Waals surface area contributed by atoms with Gasteiger partial charge in [0.05, 0.1) is 19.1 Å². The Bertz CT molecular complexity index is 465. The van der Waals surface area contributed by atoms with Gasteiger partial charge in [0.15, 0.2) is 0 Å². The first kappa shape index (κ1) is 14.9. The largest absolute Gasteiger partial charge is 0.381 e. The molecule has 7 heteroatoms. The Kier molecular flexibility index (Phi) is 4.54. The highest BCUT2D eigenvalue weighted by atomic mass is 16.5. The summed E-state index contributed by atoms with van der Waals surface area (Å²) in [5, 5.41) is 4.09. The van der Waals surface area contributed by atoms with Gasteiger partial charge in [-0.3, -0.25) is 4.90 Å². The van der Waals surface area contributed by atoms with E-state index in [2.05, 4.69) is 28.9 Å². The lowest BCUT2D eigenvalue weighted by molar-refractivity contribution is -0.0450. The predicted octanol–water partition coefficient (Wildman–Crippen LogP) is 0.683. The Labute approximate surface area is 124 Å². The van der Waals surface area contributed by atoms with Crippen molar-refractivity contribution < 1.29 is 14.0 Å². The number of hydrogen-bond acceptors (Lipinski definition) is 7. The van der Waals surface area contributed by atoms with E-state index in [1.165, 1.54) is 0 Å². The summed E-state index contributed by atoms with van der Waals surface area (Å²) in [4.78, 5) is 6.87. The molecule has 7 nitrogen and oxygen atoms in total. The molecule has 3 rings (SSSR count). The highest BCUT2D eigenvalue weighted by Crippen LogP contribution is 2.26. The lowest BCUT2D eigenvalue weighted by Crippen LogP contribution is -2.42. The minimum Gasteiger partial charge on any atom is -0.381 e. The quantitative estimate of drug-likeness (QED) is 0.877. The van der Waals surface area contributed by atoms with E-state index >= 15 is 0 Å². The fraction of sp³-hybridized carbons (Fsp3) is 0.857. The van der Waals surface area contributed by atoms with Crippen LogP contribution in [0, 0.1) is 0 Å². The molecule has 0 radical (unpaired) electrons. The lowest BCUT2D eigenvalue weighted by Gasteiger charge is -2.34. The number of aromatic nitrogens is 2. The normalized spacial score (nSPS) is 31.7. The van der Waals surface area contributed by atoms with E-state index in [1.54, 1.807) is 0 Å². The maximum absolute atomic E-state index is 6.11. The topological polar surface area (TPSA) is 86.6 Å². The minimum absolute atomic E-state index is 0.00945. The van der Waals surface area contributed by atoms with Crippen molar-refractivity contribution in [2.24, 2.45) is 5.73 Å². The highest BCUT2D eigenvalue weighted by molar-refractivity contribution is 5.02. The van der Waals surface area contributed by atoms with Crippen LogP contribution in [0.4, 0.5) is 0 Å². The third-order valence-corrected chi connectivity index (χ3v) is 4.30. The van der Waals surface area contributed by atoms with Gasteiger partial charge in [0.2, 0.25) is 11.7 Å². The molecule has 0 spiro atoms. The fourth-order valence-electron chi connectivity index (χ4n) is 2.83. The molecule has 0 saturated carbocycles. The lowest BCUT2D eigenvalue weighted by atomic mass is 9.97. The van der Waals surface area contributed by atoms with Gasteiger partial charge in [-0.25, -0.2) is 0 Å². The van der Waals surface area contributed by atoms with Crippen molar-refractivity contribution in [3.63, 3.8) is 0 Å². The molecule has 2 aliphatic rings. The Morgan fingerprint density at radius 2 is 2.19 bits per heavy atom. The molecule has 2 fully saturated rings. The Morgan fingerprint density at radius 3 is 2.95 bits per heavy atom. The SMILES string of the molecule is CC(C)N1CCOC(c2noc(C3COCCC3N)n2)C1. The molecular formula is C14H24N4O3. The first-order chi connectivity index (χ1) is 10.1. The summed E-state index contributed by atoms with van der Waals surface area (Å²) in [6, 6.07) is 0.509. The molecule has 2 aliphatic heterocycles. The zero-order chi connectivity index (χ0) is 14.8. The zero-order valence-corrected chi connectivity index (χ0v) is 12.7. The summed E-state index contributed by atoms with van der Waals surface area (Å²) >= 11 is 0. The van der Waals surface area contributed by atoms with E-state index in [4.69, 9.17) is 19.7 Å². The first-order valence-electron chi connectivity index (χ1n) is 7.67. The summed E-state index contributed by atoms with van der Waals surface area (Å²) < 4.78 is 16.6. The average Bonchev–Trinajstić information content (AvgIpc) is 2.97. The van der Waals surface area contributed by atoms with Gasteiger partial charge < -0.3 is 19.7 Å². The van der Waals surface area contributed by atoms with Crippen LogP contribution in [-0.4, -0.2) is 60.0 Å². The van der Waals surface area contributed by atoms with E-state index in [-0.39, 0.29) is 18.1 Å². The van der Waals surface area contributed by atoms with Crippen molar-refractivity contribution in [2.45, 2.75) is 44.4 Å². The van der Waals surface area contributed by atoms with Gasteiger partial charge in [0.25, 0.3) is 0 Å². The summed E-state index contributed by atoms with van der Waals surface area (Å²) in [6.07, 6.45) is 0.697. The maximum atomic E-state index is 6.11. The Morgan fingerprint density at radius 1 is 1.33 bits per heavy atom. The van der Waals surface area contributed by atoms with Crippen LogP contribution >= 0.6 is 0 Å². The summed E-state index contributed by atoms with van der Waals surface area (Å²) in [6.45, 7) is 8.05. The zero-order valence-electron chi connectivity index (χ0n) is 12.7. The smallest absolute Gasteiger partial charge is 0.233 e. The van der Waals surface area contributed by atoms with Crippen LogP contribution in [0.15, 0.2) is 4.52 Å². The van der Waals surface area contributed by atoms with Crippen molar-refractivity contribution >= 4 is 0 Å². The number of morpholine rings is 1. The van der Waals surface area contributed by atoms with Crippen LogP contribution in [0.1, 0.15) is 44.0 Å². The van der Waals surface area contributed by atoms with Gasteiger partial charge in [0, 0.05) is 31.8 Å². The van der Waals surface area contributed by atoms with E-state index < -0.39 is 0 Å². The van der Waals surface area contributed by atoms with Crippen LogP contribution in [-0.2, 0) is 9.47 Å². The second-order valence-electron chi connectivity index (χ2n) is 6.07. The monoisotopic (exact) mass is 296 g/mol. The van der Waals surface area contributed by atoms with E-state index in [9.17, 15) is 0 Å². The predicted molar refractivity (Wildman–Crippen MR) is 75.9 cm³/mol.